The van der Waals surface area contributed by atoms with Crippen LogP contribution in [-0.2, 0) is 10.3 Å². The second-order valence-electron chi connectivity index (χ2n) is 3.67. The Labute approximate surface area is 82.2 Å². The van der Waals surface area contributed by atoms with E-state index in [0.29, 0.717) is 0 Å². The Morgan fingerprint density at radius 3 is 3.15 bits per heavy atom. The monoisotopic (exact) mass is 198 g/mol. The van der Waals surface area contributed by atoms with Crippen molar-refractivity contribution >= 4 is 11.3 Å². The van der Waals surface area contributed by atoms with E-state index in [2.05, 4.69) is 18.4 Å². The fourth-order valence-electron chi connectivity index (χ4n) is 1.81. The van der Waals surface area contributed by atoms with Gasteiger partial charge in [-0.15, -0.1) is 11.3 Å². The topological polar surface area (TPSA) is 29.5 Å². The first-order chi connectivity index (χ1) is 6.24. The number of rotatable bonds is 2. The lowest BCUT2D eigenvalue weighted by atomic mass is 10.0. The van der Waals surface area contributed by atoms with Gasteiger partial charge in [0.05, 0.1) is 18.3 Å². The van der Waals surface area contributed by atoms with Crippen LogP contribution in [0.5, 0.6) is 0 Å². The molecule has 2 rings (SSSR count). The molecule has 1 fully saturated rings. The molecule has 2 atom stereocenters. The number of aliphatic hydroxyl groups is 1. The Kier molecular flexibility index (Phi) is 2.41. The lowest BCUT2D eigenvalue weighted by Gasteiger charge is -2.22. The molecule has 2 nitrogen and oxygen atoms in total. The first-order valence-electron chi connectivity index (χ1n) is 4.57. The van der Waals surface area contributed by atoms with Crippen LogP contribution >= 0.6 is 11.3 Å². The molecule has 1 aliphatic heterocycles. The molecule has 0 saturated carbocycles. The summed E-state index contributed by atoms with van der Waals surface area (Å²) in [7, 11) is 0. The maximum Gasteiger partial charge on any atom is 0.1000 e. The van der Waals surface area contributed by atoms with Crippen LogP contribution in [0.3, 0.4) is 0 Å². The number of hydrogen-bond acceptors (Lipinski definition) is 3. The zero-order valence-electron chi connectivity index (χ0n) is 7.69. The van der Waals surface area contributed by atoms with Gasteiger partial charge in [-0.2, -0.15) is 0 Å². The molecule has 1 aromatic rings. The fraction of sp³-hybridized carbons (Fsp3) is 0.600. The predicted octanol–water partition coefficient (Wildman–Crippen LogP) is 2.13. The molecule has 2 heterocycles. The van der Waals surface area contributed by atoms with Gasteiger partial charge in [0.1, 0.15) is 0 Å². The molecule has 13 heavy (non-hydrogen) atoms. The summed E-state index contributed by atoms with van der Waals surface area (Å²) < 4.78 is 5.80. The van der Waals surface area contributed by atoms with Crippen LogP contribution in [0.15, 0.2) is 17.5 Å². The van der Waals surface area contributed by atoms with Gasteiger partial charge in [0.2, 0.25) is 0 Å². The average Bonchev–Trinajstić information content (AvgIpc) is 2.72. The van der Waals surface area contributed by atoms with E-state index < -0.39 is 0 Å². The van der Waals surface area contributed by atoms with Gasteiger partial charge < -0.3 is 9.84 Å². The number of hydrogen-bond donors (Lipinski definition) is 1. The quantitative estimate of drug-likeness (QED) is 0.789. The molecule has 0 radical (unpaired) electrons. The van der Waals surface area contributed by atoms with Gasteiger partial charge >= 0.3 is 0 Å². The normalized spacial score (nSPS) is 33.8. The molecule has 0 spiro atoms. The minimum Gasteiger partial charge on any atom is -0.394 e. The molecule has 1 N–H and O–H groups in total. The van der Waals surface area contributed by atoms with Crippen LogP contribution in [-0.4, -0.2) is 17.8 Å². The maximum absolute atomic E-state index is 8.97. The lowest BCUT2D eigenvalue weighted by molar-refractivity contribution is -0.0498. The standard InChI is InChI=1S/C10H14O2S/c1-10(9-3-2-6-13-9)5-4-8(7-11)12-10/h2-3,6,8,11H,4-5,7H2,1H3. The van der Waals surface area contributed by atoms with Crippen LogP contribution in [0.2, 0.25) is 0 Å². The molecule has 2 unspecified atom stereocenters. The molecule has 1 aliphatic rings. The Hall–Kier alpha value is -0.380. The van der Waals surface area contributed by atoms with Gasteiger partial charge in [0, 0.05) is 4.88 Å². The lowest BCUT2D eigenvalue weighted by Crippen LogP contribution is -2.22. The second kappa shape index (κ2) is 3.40. The third kappa shape index (κ3) is 1.64. The minimum absolute atomic E-state index is 0.0344. The molecule has 0 amide bonds. The van der Waals surface area contributed by atoms with E-state index >= 15 is 0 Å². The average molecular weight is 198 g/mol. The molecule has 1 aromatic heterocycles. The van der Waals surface area contributed by atoms with E-state index in [1.165, 1.54) is 4.88 Å². The largest absolute Gasteiger partial charge is 0.394 e. The minimum atomic E-state index is -0.151. The van der Waals surface area contributed by atoms with Gasteiger partial charge in [-0.1, -0.05) is 6.07 Å². The molecular formula is C10H14O2S. The van der Waals surface area contributed by atoms with E-state index in [1.807, 2.05) is 6.07 Å². The summed E-state index contributed by atoms with van der Waals surface area (Å²) in [6.45, 7) is 2.25. The first-order valence-corrected chi connectivity index (χ1v) is 5.45. The van der Waals surface area contributed by atoms with Crippen molar-refractivity contribution in [2.45, 2.75) is 31.5 Å². The number of thiophene rings is 1. The zero-order chi connectivity index (χ0) is 9.31. The van der Waals surface area contributed by atoms with E-state index in [-0.39, 0.29) is 18.3 Å². The highest BCUT2D eigenvalue weighted by molar-refractivity contribution is 7.10. The number of aliphatic hydroxyl groups excluding tert-OH is 1. The summed E-state index contributed by atoms with van der Waals surface area (Å²) in [5, 5.41) is 11.0. The Bertz CT molecular complexity index is 270. The van der Waals surface area contributed by atoms with E-state index in [1.54, 1.807) is 11.3 Å². The van der Waals surface area contributed by atoms with Gasteiger partial charge in [-0.3, -0.25) is 0 Å². The third-order valence-corrected chi connectivity index (χ3v) is 3.73. The summed E-state index contributed by atoms with van der Waals surface area (Å²) in [4.78, 5) is 1.27. The molecule has 3 heteroatoms. The van der Waals surface area contributed by atoms with Crippen LogP contribution in [0.4, 0.5) is 0 Å². The highest BCUT2D eigenvalue weighted by Crippen LogP contribution is 2.40. The smallest absolute Gasteiger partial charge is 0.1000 e. The maximum atomic E-state index is 8.97. The zero-order valence-corrected chi connectivity index (χ0v) is 8.51. The molecule has 0 aliphatic carbocycles. The predicted molar refractivity (Wildman–Crippen MR) is 52.9 cm³/mol. The van der Waals surface area contributed by atoms with Crippen molar-refractivity contribution in [2.24, 2.45) is 0 Å². The molecule has 1 saturated heterocycles. The summed E-state index contributed by atoms with van der Waals surface area (Å²) in [6, 6.07) is 4.14. The van der Waals surface area contributed by atoms with Crippen molar-refractivity contribution in [3.8, 4) is 0 Å². The van der Waals surface area contributed by atoms with Crippen molar-refractivity contribution in [3.05, 3.63) is 22.4 Å². The molecular weight excluding hydrogens is 184 g/mol. The van der Waals surface area contributed by atoms with Crippen molar-refractivity contribution in [3.63, 3.8) is 0 Å². The van der Waals surface area contributed by atoms with Gasteiger partial charge in [0.25, 0.3) is 0 Å². The number of ether oxygens (including phenoxy) is 1. The molecule has 72 valence electrons. The highest BCUT2D eigenvalue weighted by atomic mass is 32.1. The Morgan fingerprint density at radius 2 is 2.62 bits per heavy atom. The summed E-state index contributed by atoms with van der Waals surface area (Å²) in [5.74, 6) is 0. The van der Waals surface area contributed by atoms with Crippen molar-refractivity contribution in [2.75, 3.05) is 6.61 Å². The van der Waals surface area contributed by atoms with Gasteiger partial charge in [-0.05, 0) is 31.2 Å². The Morgan fingerprint density at radius 1 is 1.77 bits per heavy atom. The van der Waals surface area contributed by atoms with E-state index in [9.17, 15) is 0 Å². The van der Waals surface area contributed by atoms with Crippen molar-refractivity contribution in [1.82, 2.24) is 0 Å². The third-order valence-electron chi connectivity index (χ3n) is 2.62. The highest BCUT2D eigenvalue weighted by Gasteiger charge is 2.37. The van der Waals surface area contributed by atoms with Gasteiger partial charge in [0.15, 0.2) is 0 Å². The van der Waals surface area contributed by atoms with Crippen molar-refractivity contribution < 1.29 is 9.84 Å². The molecule has 0 aromatic carbocycles. The summed E-state index contributed by atoms with van der Waals surface area (Å²) >= 11 is 1.72. The van der Waals surface area contributed by atoms with Crippen LogP contribution in [0, 0.1) is 0 Å². The van der Waals surface area contributed by atoms with Crippen LogP contribution in [0.25, 0.3) is 0 Å². The summed E-state index contributed by atoms with van der Waals surface area (Å²) in [6.07, 6.45) is 2.01. The fourth-order valence-corrected chi connectivity index (χ4v) is 2.67. The van der Waals surface area contributed by atoms with E-state index in [4.69, 9.17) is 9.84 Å². The first kappa shape index (κ1) is 9.19. The Balaban J connectivity index is 2.15. The van der Waals surface area contributed by atoms with Crippen LogP contribution < -0.4 is 0 Å². The van der Waals surface area contributed by atoms with Crippen LogP contribution in [0.1, 0.15) is 24.6 Å². The molecule has 0 bridgehead atoms. The van der Waals surface area contributed by atoms with E-state index in [0.717, 1.165) is 12.8 Å². The van der Waals surface area contributed by atoms with Crippen molar-refractivity contribution in [1.29, 1.82) is 0 Å². The summed E-state index contributed by atoms with van der Waals surface area (Å²) in [5.41, 5.74) is -0.151. The SMILES string of the molecule is CC1(c2cccs2)CCC(CO)O1. The van der Waals surface area contributed by atoms with Gasteiger partial charge in [-0.25, -0.2) is 0 Å². The second-order valence-corrected chi connectivity index (χ2v) is 4.62.